The van der Waals surface area contributed by atoms with E-state index in [0.717, 1.165) is 34.7 Å². The molecule has 0 spiro atoms. The van der Waals surface area contributed by atoms with Gasteiger partial charge in [-0.3, -0.25) is 9.55 Å². The number of nitrogens with two attached hydrogens (primary N) is 1. The van der Waals surface area contributed by atoms with Crippen molar-refractivity contribution >= 4 is 17.1 Å². The molecule has 20 heavy (non-hydrogen) atoms. The highest BCUT2D eigenvalue weighted by Crippen LogP contribution is 2.22. The normalized spacial score (nSPS) is 11.3. The quantitative estimate of drug-likeness (QED) is 0.788. The number of nitrogen functional groups attached to an aromatic ring is 1. The predicted molar refractivity (Wildman–Crippen MR) is 78.4 cm³/mol. The molecule has 0 bridgehead atoms. The number of imidazole rings is 1. The van der Waals surface area contributed by atoms with E-state index in [1.165, 1.54) is 0 Å². The Labute approximate surface area is 117 Å². The van der Waals surface area contributed by atoms with Crippen LogP contribution in [0.2, 0.25) is 0 Å². The highest BCUT2D eigenvalue weighted by Gasteiger charge is 2.17. The number of fused-ring (bicyclic) bond motifs is 1. The van der Waals surface area contributed by atoms with Crippen molar-refractivity contribution in [3.05, 3.63) is 35.3 Å². The molecule has 3 aromatic heterocycles. The number of rotatable bonds is 3. The molecule has 0 saturated carbocycles. The lowest BCUT2D eigenvalue weighted by Gasteiger charge is -2.09. The van der Waals surface area contributed by atoms with E-state index in [0.29, 0.717) is 12.5 Å². The minimum absolute atomic E-state index is 0.507. The fourth-order valence-corrected chi connectivity index (χ4v) is 2.45. The lowest BCUT2D eigenvalue weighted by Crippen LogP contribution is -2.10. The molecule has 0 unspecified atom stereocenters. The fraction of sp³-hybridized carbons (Fsp3) is 0.357. The average molecular weight is 270 g/mol. The first-order valence-corrected chi connectivity index (χ1v) is 6.71. The Hall–Kier alpha value is -2.37. The summed E-state index contributed by atoms with van der Waals surface area (Å²) in [5, 5.41) is 4.49. The molecule has 6 nitrogen and oxygen atoms in total. The van der Waals surface area contributed by atoms with Crippen LogP contribution in [-0.2, 0) is 13.1 Å². The number of aromatic nitrogens is 5. The molecule has 3 rings (SSSR count). The van der Waals surface area contributed by atoms with Crippen LogP contribution in [0.4, 0.5) is 5.95 Å². The highest BCUT2D eigenvalue weighted by molar-refractivity contribution is 5.77. The molecule has 6 heteroatoms. The second kappa shape index (κ2) is 4.63. The van der Waals surface area contributed by atoms with Crippen LogP contribution in [-0.4, -0.2) is 24.3 Å². The van der Waals surface area contributed by atoms with Gasteiger partial charge in [-0.15, -0.1) is 0 Å². The predicted octanol–water partition coefficient (Wildman–Crippen LogP) is 1.90. The molecule has 0 aliphatic heterocycles. The van der Waals surface area contributed by atoms with E-state index in [4.69, 9.17) is 5.73 Å². The topological polar surface area (TPSA) is 74.6 Å². The summed E-state index contributed by atoms with van der Waals surface area (Å²) in [7, 11) is 0. The van der Waals surface area contributed by atoms with Crippen LogP contribution in [0.1, 0.15) is 23.9 Å². The third-order valence-electron chi connectivity index (χ3n) is 3.55. The zero-order valence-electron chi connectivity index (χ0n) is 12.0. The monoisotopic (exact) mass is 270 g/mol. The van der Waals surface area contributed by atoms with Crippen molar-refractivity contribution in [3.8, 4) is 0 Å². The van der Waals surface area contributed by atoms with Crippen LogP contribution in [0.5, 0.6) is 0 Å². The molecule has 0 aromatic carbocycles. The summed E-state index contributed by atoms with van der Waals surface area (Å²) in [4.78, 5) is 8.87. The van der Waals surface area contributed by atoms with Gasteiger partial charge in [-0.25, -0.2) is 9.67 Å². The van der Waals surface area contributed by atoms with Gasteiger partial charge in [-0.05, 0) is 32.4 Å². The van der Waals surface area contributed by atoms with Gasteiger partial charge >= 0.3 is 0 Å². The van der Waals surface area contributed by atoms with Crippen LogP contribution >= 0.6 is 0 Å². The Kier molecular flexibility index (Phi) is 2.93. The summed E-state index contributed by atoms with van der Waals surface area (Å²) < 4.78 is 3.92. The number of hydrogen-bond acceptors (Lipinski definition) is 4. The summed E-state index contributed by atoms with van der Waals surface area (Å²) in [6, 6.07) is 3.99. The highest BCUT2D eigenvalue weighted by atomic mass is 15.4. The summed E-state index contributed by atoms with van der Waals surface area (Å²) >= 11 is 0. The second-order valence-electron chi connectivity index (χ2n) is 4.90. The first kappa shape index (κ1) is 12.7. The third kappa shape index (κ3) is 1.84. The van der Waals surface area contributed by atoms with Crippen molar-refractivity contribution < 1.29 is 0 Å². The Bertz CT molecular complexity index is 767. The molecule has 3 heterocycles. The van der Waals surface area contributed by atoms with Crippen molar-refractivity contribution in [1.82, 2.24) is 24.3 Å². The van der Waals surface area contributed by atoms with Gasteiger partial charge in [-0.1, -0.05) is 6.07 Å². The van der Waals surface area contributed by atoms with Gasteiger partial charge < -0.3 is 5.73 Å². The first-order chi connectivity index (χ1) is 9.61. The first-order valence-electron chi connectivity index (χ1n) is 6.71. The van der Waals surface area contributed by atoms with Gasteiger partial charge in [0.1, 0.15) is 5.52 Å². The summed E-state index contributed by atoms with van der Waals surface area (Å²) in [5.41, 5.74) is 11.0. The molecule has 104 valence electrons. The fourth-order valence-electron chi connectivity index (χ4n) is 2.45. The maximum absolute atomic E-state index is 6.07. The van der Waals surface area contributed by atoms with Gasteiger partial charge in [-0.2, -0.15) is 5.10 Å². The molecule has 0 saturated heterocycles. The number of hydrogen-bond donors (Lipinski definition) is 1. The van der Waals surface area contributed by atoms with Crippen molar-refractivity contribution in [1.29, 1.82) is 0 Å². The van der Waals surface area contributed by atoms with Gasteiger partial charge in [0.2, 0.25) is 5.95 Å². The smallest absolute Gasteiger partial charge is 0.202 e. The Morgan fingerprint density at radius 2 is 2.10 bits per heavy atom. The van der Waals surface area contributed by atoms with Crippen molar-refractivity contribution in [3.63, 3.8) is 0 Å². The van der Waals surface area contributed by atoms with E-state index < -0.39 is 0 Å². The maximum Gasteiger partial charge on any atom is 0.202 e. The van der Waals surface area contributed by atoms with E-state index >= 15 is 0 Å². The van der Waals surface area contributed by atoms with Crippen LogP contribution < -0.4 is 5.73 Å². The van der Waals surface area contributed by atoms with Crippen molar-refractivity contribution in [2.75, 3.05) is 5.73 Å². The molecule has 2 N–H and O–H groups in total. The van der Waals surface area contributed by atoms with Gasteiger partial charge in [0.15, 0.2) is 5.65 Å². The van der Waals surface area contributed by atoms with Gasteiger partial charge in [0, 0.05) is 12.7 Å². The van der Waals surface area contributed by atoms with E-state index in [-0.39, 0.29) is 0 Å². The van der Waals surface area contributed by atoms with Gasteiger partial charge in [0.25, 0.3) is 0 Å². The Morgan fingerprint density at radius 3 is 2.80 bits per heavy atom. The summed E-state index contributed by atoms with van der Waals surface area (Å²) in [6.07, 6.45) is 1.80. The van der Waals surface area contributed by atoms with E-state index in [1.807, 2.05) is 22.2 Å². The maximum atomic E-state index is 6.07. The molecule has 3 aromatic rings. The van der Waals surface area contributed by atoms with E-state index in [1.54, 1.807) is 6.20 Å². The van der Waals surface area contributed by atoms with Gasteiger partial charge in [0.05, 0.1) is 17.9 Å². The third-order valence-corrected chi connectivity index (χ3v) is 3.55. The average Bonchev–Trinajstić information content (AvgIpc) is 2.91. The molecular weight excluding hydrogens is 252 g/mol. The number of nitrogens with zero attached hydrogens (tertiary/aromatic N) is 5. The van der Waals surface area contributed by atoms with Crippen LogP contribution in [0.25, 0.3) is 11.2 Å². The van der Waals surface area contributed by atoms with Crippen molar-refractivity contribution in [2.45, 2.75) is 33.9 Å². The van der Waals surface area contributed by atoms with Crippen LogP contribution in [0, 0.1) is 13.8 Å². The molecule has 0 aliphatic carbocycles. The SMILES string of the molecule is CCn1nc(C)c2nc(N)n(Cc3ncccc3C)c21. The van der Waals surface area contributed by atoms with E-state index in [9.17, 15) is 0 Å². The van der Waals surface area contributed by atoms with Crippen LogP contribution in [0.3, 0.4) is 0 Å². The Morgan fingerprint density at radius 1 is 1.30 bits per heavy atom. The number of pyridine rings is 1. The molecule has 0 fully saturated rings. The minimum atomic E-state index is 0.507. The zero-order chi connectivity index (χ0) is 14.3. The largest absolute Gasteiger partial charge is 0.369 e. The molecule has 0 amide bonds. The zero-order valence-corrected chi connectivity index (χ0v) is 12.0. The Balaban J connectivity index is 2.16. The standard InChI is InChI=1S/C14H18N6/c1-4-20-13-12(10(3)18-20)17-14(15)19(13)8-11-9(2)6-5-7-16-11/h5-7H,4,8H2,1-3H3,(H2,15,17). The number of aryl methyl sites for hydroxylation is 3. The summed E-state index contributed by atoms with van der Waals surface area (Å²) in [5.74, 6) is 0.507. The molecule has 0 radical (unpaired) electrons. The molecule has 0 atom stereocenters. The molecule has 0 aliphatic rings. The van der Waals surface area contributed by atoms with E-state index in [2.05, 4.69) is 35.0 Å². The minimum Gasteiger partial charge on any atom is -0.369 e. The lowest BCUT2D eigenvalue weighted by molar-refractivity contribution is 0.645. The van der Waals surface area contributed by atoms with Crippen molar-refractivity contribution in [2.24, 2.45) is 0 Å². The van der Waals surface area contributed by atoms with Crippen LogP contribution in [0.15, 0.2) is 18.3 Å². The lowest BCUT2D eigenvalue weighted by atomic mass is 10.2. The molecular formula is C14H18N6. The summed E-state index contributed by atoms with van der Waals surface area (Å²) in [6.45, 7) is 7.47. The second-order valence-corrected chi connectivity index (χ2v) is 4.90. The number of anilines is 1.